The molecule has 0 radical (unpaired) electrons. The normalized spacial score (nSPS) is 10.0. The van der Waals surface area contributed by atoms with Crippen LogP contribution in [0.3, 0.4) is 0 Å². The minimum absolute atomic E-state index is 0.00852. The van der Waals surface area contributed by atoms with Gasteiger partial charge < -0.3 is 5.11 Å². The van der Waals surface area contributed by atoms with Crippen molar-refractivity contribution < 1.29 is 14.7 Å². The minimum atomic E-state index is -0.277. The number of rotatable bonds is 5. The summed E-state index contributed by atoms with van der Waals surface area (Å²) in [5.74, 6) is -0.277. The number of hydrogen-bond donors (Lipinski definition) is 1. The van der Waals surface area contributed by atoms with Gasteiger partial charge in [0.15, 0.2) is 0 Å². The fourth-order valence-electron chi connectivity index (χ4n) is 0.651. The highest BCUT2D eigenvalue weighted by Gasteiger charge is 2.09. The quantitative estimate of drug-likeness (QED) is 0.517. The fraction of sp³-hybridized carbons (Fsp3) is 0.714. The van der Waals surface area contributed by atoms with E-state index in [1.807, 2.05) is 0 Å². The Bertz CT molecular complexity index is 161. The molecule has 0 aliphatic carbocycles. The Kier molecular flexibility index (Phi) is 5.23. The Morgan fingerprint density at radius 1 is 1.50 bits per heavy atom. The highest BCUT2D eigenvalue weighted by atomic mass is 16.3. The number of aliphatic hydroxyl groups is 1. The summed E-state index contributed by atoms with van der Waals surface area (Å²) >= 11 is 0. The Balaban J connectivity index is 3.75. The lowest BCUT2D eigenvalue weighted by atomic mass is 10.5. The molecule has 2 amide bonds. The third-order valence-corrected chi connectivity index (χ3v) is 1.44. The van der Waals surface area contributed by atoms with Crippen LogP contribution in [0.25, 0.3) is 0 Å². The van der Waals surface area contributed by atoms with Crippen molar-refractivity contribution in [3.8, 4) is 0 Å². The molecule has 0 heterocycles. The van der Waals surface area contributed by atoms with Gasteiger partial charge in [0, 0.05) is 13.6 Å². The molecular formula is C7H14N2O3. The molecule has 0 aliphatic rings. The second kappa shape index (κ2) is 5.68. The van der Waals surface area contributed by atoms with Gasteiger partial charge in [-0.3, -0.25) is 19.4 Å². The lowest BCUT2D eigenvalue weighted by Gasteiger charge is -2.16. The fourth-order valence-corrected chi connectivity index (χ4v) is 0.651. The number of likely N-dealkylation sites (N-methyl/N-ethyl adjacent to an activating group) is 2. The summed E-state index contributed by atoms with van der Waals surface area (Å²) < 4.78 is 0. The third-order valence-electron chi connectivity index (χ3n) is 1.44. The van der Waals surface area contributed by atoms with E-state index in [0.717, 1.165) is 4.90 Å². The molecule has 0 rings (SSSR count). The van der Waals surface area contributed by atoms with Gasteiger partial charge in [0.2, 0.25) is 12.3 Å². The number of carbonyl (C=O) groups excluding carboxylic acids is 2. The van der Waals surface area contributed by atoms with Crippen molar-refractivity contribution in [3.63, 3.8) is 0 Å². The molecule has 5 heteroatoms. The van der Waals surface area contributed by atoms with E-state index in [1.54, 1.807) is 11.9 Å². The number of imide groups is 1. The summed E-state index contributed by atoms with van der Waals surface area (Å²) in [5, 5.41) is 8.51. The van der Waals surface area contributed by atoms with Crippen LogP contribution >= 0.6 is 0 Å². The molecule has 0 aromatic carbocycles. The van der Waals surface area contributed by atoms with E-state index < -0.39 is 0 Å². The summed E-state index contributed by atoms with van der Waals surface area (Å²) in [6.45, 7) is 0.586. The molecule has 12 heavy (non-hydrogen) atoms. The van der Waals surface area contributed by atoms with E-state index in [1.165, 1.54) is 7.05 Å². The van der Waals surface area contributed by atoms with E-state index in [0.29, 0.717) is 13.0 Å². The maximum absolute atomic E-state index is 11.0. The average molecular weight is 174 g/mol. The van der Waals surface area contributed by atoms with Crippen molar-refractivity contribution in [3.05, 3.63) is 0 Å². The lowest BCUT2D eigenvalue weighted by Crippen LogP contribution is -2.36. The largest absolute Gasteiger partial charge is 0.395 e. The summed E-state index contributed by atoms with van der Waals surface area (Å²) in [6, 6.07) is 0. The first kappa shape index (κ1) is 11.1. The second-order valence-corrected chi connectivity index (χ2v) is 2.57. The van der Waals surface area contributed by atoms with E-state index in [2.05, 4.69) is 0 Å². The SMILES string of the molecule is CN(CCO)CC(=O)N(C)C=O. The van der Waals surface area contributed by atoms with Crippen LogP contribution in [0.1, 0.15) is 0 Å². The number of carbonyl (C=O) groups is 2. The lowest BCUT2D eigenvalue weighted by molar-refractivity contribution is -0.137. The summed E-state index contributed by atoms with van der Waals surface area (Å²) in [4.78, 5) is 23.8. The van der Waals surface area contributed by atoms with Crippen LogP contribution in [0, 0.1) is 0 Å². The molecule has 0 aliphatic heterocycles. The Morgan fingerprint density at radius 2 is 2.08 bits per heavy atom. The zero-order valence-electron chi connectivity index (χ0n) is 7.36. The topological polar surface area (TPSA) is 60.9 Å². The van der Waals surface area contributed by atoms with Crippen LogP contribution in [0.15, 0.2) is 0 Å². The van der Waals surface area contributed by atoms with Gasteiger partial charge in [-0.25, -0.2) is 0 Å². The highest BCUT2D eigenvalue weighted by Crippen LogP contribution is 1.85. The summed E-state index contributed by atoms with van der Waals surface area (Å²) in [6.07, 6.45) is 0.467. The molecular weight excluding hydrogens is 160 g/mol. The van der Waals surface area contributed by atoms with Crippen molar-refractivity contribution in [2.45, 2.75) is 0 Å². The van der Waals surface area contributed by atoms with Gasteiger partial charge in [0.25, 0.3) is 0 Å². The zero-order valence-corrected chi connectivity index (χ0v) is 7.36. The summed E-state index contributed by atoms with van der Waals surface area (Å²) in [5.41, 5.74) is 0. The van der Waals surface area contributed by atoms with Crippen molar-refractivity contribution >= 4 is 12.3 Å². The molecule has 0 saturated carbocycles. The predicted molar refractivity (Wildman–Crippen MR) is 43.4 cm³/mol. The van der Waals surface area contributed by atoms with E-state index in [-0.39, 0.29) is 19.1 Å². The third kappa shape index (κ3) is 4.05. The molecule has 0 atom stereocenters. The van der Waals surface area contributed by atoms with Crippen molar-refractivity contribution in [2.75, 3.05) is 33.8 Å². The van der Waals surface area contributed by atoms with Crippen molar-refractivity contribution in [1.29, 1.82) is 0 Å². The monoisotopic (exact) mass is 174 g/mol. The molecule has 0 saturated heterocycles. The van der Waals surface area contributed by atoms with Gasteiger partial charge in [-0.1, -0.05) is 0 Å². The first-order chi connectivity index (χ1) is 5.61. The zero-order chi connectivity index (χ0) is 9.56. The summed E-state index contributed by atoms with van der Waals surface area (Å²) in [7, 11) is 3.11. The average Bonchev–Trinajstić information content (AvgIpc) is 2.03. The Labute approximate surface area is 71.6 Å². The maximum Gasteiger partial charge on any atom is 0.242 e. The molecule has 1 N–H and O–H groups in total. The Morgan fingerprint density at radius 3 is 2.50 bits per heavy atom. The molecule has 0 bridgehead atoms. The standard InChI is InChI=1S/C7H14N2O3/c1-8(3-4-10)5-7(12)9(2)6-11/h6,10H,3-5H2,1-2H3. The minimum Gasteiger partial charge on any atom is -0.395 e. The van der Waals surface area contributed by atoms with Crippen LogP contribution in [0.5, 0.6) is 0 Å². The molecule has 0 unspecified atom stereocenters. The molecule has 0 aromatic heterocycles. The van der Waals surface area contributed by atoms with Gasteiger partial charge in [0.05, 0.1) is 13.2 Å². The first-order valence-corrected chi connectivity index (χ1v) is 3.62. The van der Waals surface area contributed by atoms with E-state index in [9.17, 15) is 9.59 Å². The molecule has 0 spiro atoms. The van der Waals surface area contributed by atoms with Crippen LogP contribution in [0.4, 0.5) is 0 Å². The van der Waals surface area contributed by atoms with Crippen LogP contribution < -0.4 is 0 Å². The van der Waals surface area contributed by atoms with Gasteiger partial charge in [-0.05, 0) is 7.05 Å². The number of nitrogens with zero attached hydrogens (tertiary/aromatic N) is 2. The number of aliphatic hydroxyl groups excluding tert-OH is 1. The second-order valence-electron chi connectivity index (χ2n) is 2.57. The van der Waals surface area contributed by atoms with Gasteiger partial charge >= 0.3 is 0 Å². The van der Waals surface area contributed by atoms with Gasteiger partial charge in [0.1, 0.15) is 0 Å². The Hall–Kier alpha value is -0.940. The van der Waals surface area contributed by atoms with Gasteiger partial charge in [-0.2, -0.15) is 0 Å². The van der Waals surface area contributed by atoms with Crippen molar-refractivity contribution in [2.24, 2.45) is 0 Å². The highest BCUT2D eigenvalue weighted by molar-refractivity contribution is 5.87. The first-order valence-electron chi connectivity index (χ1n) is 3.62. The van der Waals surface area contributed by atoms with Crippen LogP contribution in [-0.4, -0.2) is 61.0 Å². The maximum atomic E-state index is 11.0. The molecule has 70 valence electrons. The molecule has 0 fully saturated rings. The van der Waals surface area contributed by atoms with Crippen LogP contribution in [-0.2, 0) is 9.59 Å². The van der Waals surface area contributed by atoms with Crippen LogP contribution in [0.2, 0.25) is 0 Å². The van der Waals surface area contributed by atoms with Gasteiger partial charge in [-0.15, -0.1) is 0 Å². The smallest absolute Gasteiger partial charge is 0.242 e. The van der Waals surface area contributed by atoms with Crippen molar-refractivity contribution in [1.82, 2.24) is 9.80 Å². The molecule has 5 nitrogen and oxygen atoms in total. The number of amides is 2. The number of hydrogen-bond acceptors (Lipinski definition) is 4. The molecule has 0 aromatic rings. The predicted octanol–water partition coefficient (Wildman–Crippen LogP) is -1.47. The van der Waals surface area contributed by atoms with E-state index in [4.69, 9.17) is 5.11 Å². The van der Waals surface area contributed by atoms with E-state index >= 15 is 0 Å².